The highest BCUT2D eigenvalue weighted by atomic mass is 16.7. The van der Waals surface area contributed by atoms with E-state index >= 15 is 0 Å². The Bertz CT molecular complexity index is 809. The van der Waals surface area contributed by atoms with E-state index in [4.69, 9.17) is 18.9 Å². The van der Waals surface area contributed by atoms with E-state index in [0.29, 0.717) is 0 Å². The van der Waals surface area contributed by atoms with Crippen LogP contribution in [0.1, 0.15) is 13.8 Å². The van der Waals surface area contributed by atoms with Crippen molar-refractivity contribution in [2.75, 3.05) is 26.4 Å². The van der Waals surface area contributed by atoms with Crippen LogP contribution in [0.25, 0.3) is 0 Å². The Morgan fingerprint density at radius 3 is 1.62 bits per heavy atom. The van der Waals surface area contributed by atoms with Gasteiger partial charge in [-0.25, -0.2) is 0 Å². The van der Waals surface area contributed by atoms with Gasteiger partial charge in [-0.3, -0.25) is 9.59 Å². The van der Waals surface area contributed by atoms with Gasteiger partial charge in [-0.15, -0.1) is 0 Å². The third-order valence-electron chi connectivity index (χ3n) is 6.55. The van der Waals surface area contributed by atoms with Crippen molar-refractivity contribution in [1.82, 2.24) is 10.6 Å². The fourth-order valence-corrected chi connectivity index (χ4v) is 4.34. The minimum atomic E-state index is -2.07. The zero-order chi connectivity index (χ0) is 30.3. The molecular weight excluding hydrogens is 548 g/mol. The van der Waals surface area contributed by atoms with Crippen LogP contribution in [0.4, 0.5) is 0 Å². The highest BCUT2D eigenvalue weighted by Crippen LogP contribution is 2.25. The van der Waals surface area contributed by atoms with Crippen molar-refractivity contribution in [3.05, 3.63) is 0 Å². The number of ether oxygens (including phenoxy) is 4. The SMILES string of the molecule is CC(=O)N[C@H]1[C@H](OC[C@@H](O)[C@@H](O)[C@H](O)[C@@H](CO)O[C@@H]2O[C@H](CO)[C@@H](O)[C@H](O)[C@H]2NC(C)=O)O[C@H](CO)[C@@H](O)[C@@H]1O. The van der Waals surface area contributed by atoms with Gasteiger partial charge in [0.05, 0.1) is 26.4 Å². The zero-order valence-electron chi connectivity index (χ0n) is 21.8. The molecule has 0 aliphatic carbocycles. The molecule has 0 radical (unpaired) electrons. The fourth-order valence-electron chi connectivity index (χ4n) is 4.34. The van der Waals surface area contributed by atoms with Gasteiger partial charge in [-0.2, -0.15) is 0 Å². The molecular formula is C22H40N2O16. The van der Waals surface area contributed by atoms with E-state index in [9.17, 15) is 60.7 Å². The summed E-state index contributed by atoms with van der Waals surface area (Å²) in [6, 6.07) is -2.76. The normalized spacial score (nSPS) is 37.7. The quantitative estimate of drug-likeness (QED) is 0.0950. The molecule has 12 N–H and O–H groups in total. The van der Waals surface area contributed by atoms with E-state index in [0.717, 1.165) is 13.8 Å². The summed E-state index contributed by atoms with van der Waals surface area (Å²) in [6.45, 7) is -1.03. The molecule has 0 spiro atoms. The summed E-state index contributed by atoms with van der Waals surface area (Å²) in [5.41, 5.74) is 0. The molecule has 2 rings (SSSR count). The first-order chi connectivity index (χ1) is 18.8. The van der Waals surface area contributed by atoms with Crippen LogP contribution in [0.2, 0.25) is 0 Å². The van der Waals surface area contributed by atoms with E-state index in [1.54, 1.807) is 0 Å². The van der Waals surface area contributed by atoms with Gasteiger partial charge in [0.2, 0.25) is 11.8 Å². The molecule has 0 aromatic heterocycles. The maximum absolute atomic E-state index is 11.6. The summed E-state index contributed by atoms with van der Waals surface area (Å²) in [5, 5.41) is 106. The van der Waals surface area contributed by atoms with Gasteiger partial charge in [-0.05, 0) is 0 Å². The lowest BCUT2D eigenvalue weighted by Crippen LogP contribution is -2.66. The van der Waals surface area contributed by atoms with Gasteiger partial charge < -0.3 is 80.6 Å². The Morgan fingerprint density at radius 1 is 0.750 bits per heavy atom. The first kappa shape index (κ1) is 34.6. The van der Waals surface area contributed by atoms with Crippen molar-refractivity contribution in [2.45, 2.75) is 99.6 Å². The van der Waals surface area contributed by atoms with Crippen molar-refractivity contribution in [3.63, 3.8) is 0 Å². The molecule has 0 aromatic carbocycles. The second-order valence-electron chi connectivity index (χ2n) is 9.60. The summed E-state index contributed by atoms with van der Waals surface area (Å²) in [4.78, 5) is 23.1. The van der Waals surface area contributed by atoms with Crippen LogP contribution in [-0.2, 0) is 28.5 Å². The minimum Gasteiger partial charge on any atom is -0.394 e. The first-order valence-electron chi connectivity index (χ1n) is 12.5. The van der Waals surface area contributed by atoms with Crippen LogP contribution in [0, 0.1) is 0 Å². The zero-order valence-corrected chi connectivity index (χ0v) is 21.8. The molecule has 2 aliphatic rings. The number of carbonyl (C=O) groups excluding carboxylic acids is 2. The van der Waals surface area contributed by atoms with E-state index in [-0.39, 0.29) is 0 Å². The topological polar surface area (TPSA) is 297 Å². The van der Waals surface area contributed by atoms with Gasteiger partial charge >= 0.3 is 0 Å². The monoisotopic (exact) mass is 588 g/mol. The summed E-state index contributed by atoms with van der Waals surface area (Å²) in [5.74, 6) is -1.29. The molecule has 0 saturated carbocycles. The molecule has 0 bridgehead atoms. The van der Waals surface area contributed by atoms with Crippen LogP contribution >= 0.6 is 0 Å². The average molecular weight is 589 g/mol. The van der Waals surface area contributed by atoms with E-state index < -0.39 is 124 Å². The van der Waals surface area contributed by atoms with Crippen LogP contribution in [0.5, 0.6) is 0 Å². The first-order valence-corrected chi connectivity index (χ1v) is 12.5. The number of amides is 2. The van der Waals surface area contributed by atoms with E-state index in [1.165, 1.54) is 0 Å². The Kier molecular flexibility index (Phi) is 13.5. The molecule has 0 aromatic rings. The second kappa shape index (κ2) is 15.6. The van der Waals surface area contributed by atoms with Gasteiger partial charge in [0, 0.05) is 13.8 Å². The van der Waals surface area contributed by atoms with E-state index in [1.807, 2.05) is 0 Å². The van der Waals surface area contributed by atoms with Crippen LogP contribution in [0.15, 0.2) is 0 Å². The van der Waals surface area contributed by atoms with Crippen LogP contribution < -0.4 is 10.6 Å². The van der Waals surface area contributed by atoms with Crippen molar-refractivity contribution in [3.8, 4) is 0 Å². The smallest absolute Gasteiger partial charge is 0.217 e. The molecule has 2 fully saturated rings. The number of hydrogen-bond donors (Lipinski definition) is 12. The lowest BCUT2D eigenvalue weighted by molar-refractivity contribution is -0.298. The molecule has 14 atom stereocenters. The van der Waals surface area contributed by atoms with Crippen molar-refractivity contribution in [1.29, 1.82) is 0 Å². The van der Waals surface area contributed by atoms with Gasteiger partial charge in [0.25, 0.3) is 0 Å². The predicted molar refractivity (Wildman–Crippen MR) is 127 cm³/mol. The average Bonchev–Trinajstić information content (AvgIpc) is 2.91. The molecule has 2 heterocycles. The fraction of sp³-hybridized carbons (Fsp3) is 0.909. The largest absolute Gasteiger partial charge is 0.394 e. The Morgan fingerprint density at radius 2 is 1.20 bits per heavy atom. The Hall–Kier alpha value is -1.62. The molecule has 18 heteroatoms. The minimum absolute atomic E-state index is 0.626. The van der Waals surface area contributed by atoms with Gasteiger partial charge in [0.1, 0.15) is 73.1 Å². The lowest BCUT2D eigenvalue weighted by Gasteiger charge is -2.44. The van der Waals surface area contributed by atoms with Crippen LogP contribution in [-0.4, -0.2) is 175 Å². The number of carbonyl (C=O) groups is 2. The Balaban J connectivity index is 2.09. The van der Waals surface area contributed by atoms with Crippen molar-refractivity contribution >= 4 is 11.8 Å². The molecule has 40 heavy (non-hydrogen) atoms. The summed E-state index contributed by atoms with van der Waals surface area (Å²) >= 11 is 0. The number of hydrogen-bond acceptors (Lipinski definition) is 16. The Labute approximate surface area is 228 Å². The second-order valence-corrected chi connectivity index (χ2v) is 9.60. The molecule has 2 saturated heterocycles. The summed E-state index contributed by atoms with van der Waals surface area (Å²) in [6.07, 6.45) is -20.1. The standard InChI is InChI=1S/C22H40N2O16/c1-7(28)23-13-19(35)17(33)11(4-26)38-21(13)37-6-9(30)15(31)16(32)10(3-25)39-22-14(24-8(2)29)20(36)18(34)12(5-27)40-22/h9-22,25-27,30-36H,3-6H2,1-2H3,(H,23,28)(H,24,29)/t9-,10-,11-,12-,13-,14-,15-,16-,17-,18-,19-,20-,21-,22-/m1/s1. The summed E-state index contributed by atoms with van der Waals surface area (Å²) in [7, 11) is 0. The number of nitrogens with one attached hydrogen (secondary N) is 2. The highest BCUT2D eigenvalue weighted by molar-refractivity contribution is 5.73. The lowest BCUT2D eigenvalue weighted by atomic mass is 9.96. The van der Waals surface area contributed by atoms with E-state index in [2.05, 4.69) is 10.6 Å². The maximum atomic E-state index is 11.6. The molecule has 234 valence electrons. The molecule has 2 aliphatic heterocycles. The number of aliphatic hydroxyl groups is 10. The molecule has 18 nitrogen and oxygen atoms in total. The number of rotatable bonds is 13. The van der Waals surface area contributed by atoms with Crippen molar-refractivity contribution < 1.29 is 79.6 Å². The molecule has 2 amide bonds. The van der Waals surface area contributed by atoms with Crippen molar-refractivity contribution in [2.24, 2.45) is 0 Å². The highest BCUT2D eigenvalue weighted by Gasteiger charge is 2.48. The predicted octanol–water partition coefficient (Wildman–Crippen LogP) is -7.65. The van der Waals surface area contributed by atoms with Crippen LogP contribution in [0.3, 0.4) is 0 Å². The summed E-state index contributed by atoms with van der Waals surface area (Å²) < 4.78 is 21.5. The molecule has 0 unspecified atom stereocenters. The third kappa shape index (κ3) is 8.46. The van der Waals surface area contributed by atoms with Gasteiger partial charge in [0.15, 0.2) is 12.6 Å². The van der Waals surface area contributed by atoms with Gasteiger partial charge in [-0.1, -0.05) is 0 Å². The maximum Gasteiger partial charge on any atom is 0.217 e. The number of aliphatic hydroxyl groups excluding tert-OH is 10. The third-order valence-corrected chi connectivity index (χ3v) is 6.55.